The van der Waals surface area contributed by atoms with Crippen molar-refractivity contribution in [3.63, 3.8) is 0 Å². The van der Waals surface area contributed by atoms with Gasteiger partial charge in [0.05, 0.1) is 5.75 Å². The largest absolute Gasteiger partial charge is 0.362 e. The standard InChI is InChI=1S/C11H14N4OS/c1-7-4-9(8(2)14-7)10(16)5-17-11-12-6-13-15(11)3/h4,6,14H,5H2,1-3H3. The van der Waals surface area contributed by atoms with Crippen molar-refractivity contribution in [2.75, 3.05) is 5.75 Å². The van der Waals surface area contributed by atoms with Crippen molar-refractivity contribution in [3.05, 3.63) is 29.3 Å². The molecule has 2 aromatic heterocycles. The lowest BCUT2D eigenvalue weighted by Gasteiger charge is -2.00. The third kappa shape index (κ3) is 2.58. The smallest absolute Gasteiger partial charge is 0.186 e. The fraction of sp³-hybridized carbons (Fsp3) is 0.364. The number of ketones is 1. The summed E-state index contributed by atoms with van der Waals surface area (Å²) in [6.45, 7) is 3.85. The summed E-state index contributed by atoms with van der Waals surface area (Å²) in [5.41, 5.74) is 2.69. The Hall–Kier alpha value is -1.56. The second-order valence-electron chi connectivity index (χ2n) is 3.87. The summed E-state index contributed by atoms with van der Waals surface area (Å²) in [4.78, 5) is 19.2. The lowest BCUT2D eigenvalue weighted by molar-refractivity contribution is 0.102. The Morgan fingerprint density at radius 1 is 1.53 bits per heavy atom. The fourth-order valence-electron chi connectivity index (χ4n) is 1.64. The number of rotatable bonds is 4. The predicted octanol–water partition coefficient (Wildman–Crippen LogP) is 1.74. The van der Waals surface area contributed by atoms with E-state index in [-0.39, 0.29) is 5.78 Å². The van der Waals surface area contributed by atoms with E-state index in [2.05, 4.69) is 15.1 Å². The molecule has 0 amide bonds. The Labute approximate surface area is 104 Å². The van der Waals surface area contributed by atoms with E-state index in [1.807, 2.05) is 27.0 Å². The van der Waals surface area contributed by atoms with Gasteiger partial charge < -0.3 is 4.98 Å². The minimum absolute atomic E-state index is 0.111. The zero-order chi connectivity index (χ0) is 12.4. The summed E-state index contributed by atoms with van der Waals surface area (Å²) in [7, 11) is 1.81. The molecule has 2 aromatic rings. The van der Waals surface area contributed by atoms with Crippen molar-refractivity contribution in [2.24, 2.45) is 7.05 Å². The number of nitrogens with one attached hydrogen (secondary N) is 1. The van der Waals surface area contributed by atoms with Crippen molar-refractivity contribution in [1.82, 2.24) is 19.7 Å². The van der Waals surface area contributed by atoms with Crippen LogP contribution in [-0.4, -0.2) is 31.3 Å². The van der Waals surface area contributed by atoms with Crippen LogP contribution in [-0.2, 0) is 7.05 Å². The molecule has 17 heavy (non-hydrogen) atoms. The molecule has 2 heterocycles. The van der Waals surface area contributed by atoms with E-state index >= 15 is 0 Å². The molecule has 0 aromatic carbocycles. The van der Waals surface area contributed by atoms with E-state index in [9.17, 15) is 4.79 Å². The van der Waals surface area contributed by atoms with Crippen LogP contribution in [0.15, 0.2) is 17.6 Å². The second-order valence-corrected chi connectivity index (χ2v) is 4.81. The number of thioether (sulfide) groups is 1. The number of Topliss-reactive ketones (excluding diaryl/α,β-unsaturated/α-hetero) is 1. The number of hydrogen-bond donors (Lipinski definition) is 1. The molecule has 1 N–H and O–H groups in total. The molecule has 0 bridgehead atoms. The molecular formula is C11H14N4OS. The Morgan fingerprint density at radius 2 is 2.29 bits per heavy atom. The van der Waals surface area contributed by atoms with E-state index in [0.29, 0.717) is 5.75 Å². The monoisotopic (exact) mass is 250 g/mol. The molecule has 6 heteroatoms. The first kappa shape index (κ1) is 11.9. The topological polar surface area (TPSA) is 63.6 Å². The molecule has 0 aliphatic heterocycles. The van der Waals surface area contributed by atoms with E-state index in [1.165, 1.54) is 18.1 Å². The highest BCUT2D eigenvalue weighted by Gasteiger charge is 2.13. The summed E-state index contributed by atoms with van der Waals surface area (Å²) in [6, 6.07) is 1.88. The number of hydrogen-bond acceptors (Lipinski definition) is 4. The highest BCUT2D eigenvalue weighted by atomic mass is 32.2. The molecule has 0 aliphatic carbocycles. The van der Waals surface area contributed by atoms with Crippen molar-refractivity contribution in [1.29, 1.82) is 0 Å². The van der Waals surface area contributed by atoms with Crippen LogP contribution in [0.25, 0.3) is 0 Å². The molecule has 0 fully saturated rings. The first-order chi connectivity index (χ1) is 8.08. The van der Waals surface area contributed by atoms with Gasteiger partial charge in [0.1, 0.15) is 6.33 Å². The van der Waals surface area contributed by atoms with Gasteiger partial charge in [0.25, 0.3) is 0 Å². The summed E-state index contributed by atoms with van der Waals surface area (Å²) >= 11 is 1.40. The van der Waals surface area contributed by atoms with Crippen molar-refractivity contribution < 1.29 is 4.79 Å². The van der Waals surface area contributed by atoms with Crippen LogP contribution in [0.3, 0.4) is 0 Å². The van der Waals surface area contributed by atoms with Gasteiger partial charge in [-0.25, -0.2) is 9.67 Å². The third-order valence-corrected chi connectivity index (χ3v) is 3.49. The molecule has 0 saturated carbocycles. The maximum atomic E-state index is 12.0. The number of aryl methyl sites for hydroxylation is 3. The Balaban J connectivity index is 2.03. The lowest BCUT2D eigenvalue weighted by atomic mass is 10.2. The van der Waals surface area contributed by atoms with Gasteiger partial charge in [0.2, 0.25) is 0 Å². The van der Waals surface area contributed by atoms with Gasteiger partial charge in [-0.1, -0.05) is 11.8 Å². The SMILES string of the molecule is Cc1cc(C(=O)CSc2ncnn2C)c(C)[nH]1. The number of H-pyrrole nitrogens is 1. The average molecular weight is 250 g/mol. The molecule has 0 spiro atoms. The molecule has 5 nitrogen and oxygen atoms in total. The number of carbonyl (C=O) groups is 1. The lowest BCUT2D eigenvalue weighted by Crippen LogP contribution is -2.04. The van der Waals surface area contributed by atoms with E-state index in [1.54, 1.807) is 4.68 Å². The molecule has 0 unspecified atom stereocenters. The number of carbonyl (C=O) groups excluding carboxylic acids is 1. The molecule has 0 atom stereocenters. The summed E-state index contributed by atoms with van der Waals surface area (Å²) in [5.74, 6) is 0.491. The summed E-state index contributed by atoms with van der Waals surface area (Å²) in [5, 5.41) is 4.71. The van der Waals surface area contributed by atoms with Crippen LogP contribution in [0, 0.1) is 13.8 Å². The highest BCUT2D eigenvalue weighted by Crippen LogP contribution is 2.17. The van der Waals surface area contributed by atoms with Crippen LogP contribution in [0.1, 0.15) is 21.7 Å². The number of aromatic amines is 1. The van der Waals surface area contributed by atoms with Gasteiger partial charge in [-0.2, -0.15) is 5.10 Å². The van der Waals surface area contributed by atoms with E-state index in [4.69, 9.17) is 0 Å². The number of nitrogens with zero attached hydrogens (tertiary/aromatic N) is 3. The van der Waals surface area contributed by atoms with Gasteiger partial charge in [-0.15, -0.1) is 0 Å². The van der Waals surface area contributed by atoms with Crippen LogP contribution in [0.4, 0.5) is 0 Å². The molecule has 0 saturated heterocycles. The van der Waals surface area contributed by atoms with Crippen molar-refractivity contribution in [2.45, 2.75) is 19.0 Å². The maximum Gasteiger partial charge on any atom is 0.186 e. The van der Waals surface area contributed by atoms with Gasteiger partial charge in [0.15, 0.2) is 10.9 Å². The average Bonchev–Trinajstić information content (AvgIpc) is 2.81. The van der Waals surface area contributed by atoms with E-state index < -0.39 is 0 Å². The van der Waals surface area contributed by atoms with E-state index in [0.717, 1.165) is 22.1 Å². The van der Waals surface area contributed by atoms with Crippen molar-refractivity contribution >= 4 is 17.5 Å². The second kappa shape index (κ2) is 4.75. The first-order valence-corrected chi connectivity index (χ1v) is 6.22. The van der Waals surface area contributed by atoms with Crippen LogP contribution in [0.2, 0.25) is 0 Å². The molecular weight excluding hydrogens is 236 g/mol. The van der Waals surface area contributed by atoms with Crippen molar-refractivity contribution in [3.8, 4) is 0 Å². The van der Waals surface area contributed by atoms with Gasteiger partial charge in [-0.05, 0) is 19.9 Å². The minimum Gasteiger partial charge on any atom is -0.362 e. The van der Waals surface area contributed by atoms with Crippen LogP contribution in [0.5, 0.6) is 0 Å². The maximum absolute atomic E-state index is 12.0. The minimum atomic E-state index is 0.111. The highest BCUT2D eigenvalue weighted by molar-refractivity contribution is 7.99. The third-order valence-electron chi connectivity index (χ3n) is 2.45. The molecule has 2 rings (SSSR count). The van der Waals surface area contributed by atoms with Gasteiger partial charge in [0, 0.05) is 24.0 Å². The van der Waals surface area contributed by atoms with Gasteiger partial charge >= 0.3 is 0 Å². The summed E-state index contributed by atoms with van der Waals surface area (Å²) in [6.07, 6.45) is 1.48. The first-order valence-electron chi connectivity index (χ1n) is 5.24. The molecule has 0 radical (unpaired) electrons. The Bertz CT molecular complexity index is 543. The predicted molar refractivity (Wildman–Crippen MR) is 66.3 cm³/mol. The van der Waals surface area contributed by atoms with Gasteiger partial charge in [-0.3, -0.25) is 4.79 Å². The Kier molecular flexibility index (Phi) is 3.33. The zero-order valence-electron chi connectivity index (χ0n) is 10.0. The normalized spacial score (nSPS) is 10.8. The fourth-order valence-corrected chi connectivity index (χ4v) is 2.41. The van der Waals surface area contributed by atoms with Crippen LogP contribution < -0.4 is 0 Å². The molecule has 90 valence electrons. The quantitative estimate of drug-likeness (QED) is 0.663. The zero-order valence-corrected chi connectivity index (χ0v) is 10.8. The molecule has 0 aliphatic rings. The van der Waals surface area contributed by atoms with Crippen LogP contribution >= 0.6 is 11.8 Å². The Morgan fingerprint density at radius 3 is 2.82 bits per heavy atom. The summed E-state index contributed by atoms with van der Waals surface area (Å²) < 4.78 is 1.66. The number of aromatic nitrogens is 4.